The maximum atomic E-state index is 2.48. The Kier molecular flexibility index (Phi) is 7.97. The summed E-state index contributed by atoms with van der Waals surface area (Å²) in [6.45, 7) is 28.4. The summed E-state index contributed by atoms with van der Waals surface area (Å²) in [6, 6.07) is 0. The van der Waals surface area contributed by atoms with Crippen LogP contribution in [0.1, 0.15) is 83.1 Å². The number of hydrogen-bond donors (Lipinski definition) is 0. The molecule has 2 aliphatic heterocycles. The molecule has 0 bridgehead atoms. The van der Waals surface area contributed by atoms with Gasteiger partial charge in [0.05, 0.1) is 0 Å². The van der Waals surface area contributed by atoms with Gasteiger partial charge < -0.3 is 0 Å². The zero-order chi connectivity index (χ0) is 23.1. The molecule has 0 saturated heterocycles. The van der Waals surface area contributed by atoms with Crippen molar-refractivity contribution in [3.8, 4) is 0 Å². The van der Waals surface area contributed by atoms with Gasteiger partial charge in [-0.1, -0.05) is 0 Å². The molecule has 2 rings (SSSR count). The van der Waals surface area contributed by atoms with E-state index in [0.29, 0.717) is 0 Å². The molecule has 30 heavy (non-hydrogen) atoms. The first-order chi connectivity index (χ1) is 13.4. The van der Waals surface area contributed by atoms with Crippen LogP contribution in [0.3, 0.4) is 0 Å². The summed E-state index contributed by atoms with van der Waals surface area (Å²) in [7, 11) is 0. The van der Waals surface area contributed by atoms with Crippen molar-refractivity contribution in [2.45, 2.75) is 83.1 Å². The van der Waals surface area contributed by atoms with Crippen molar-refractivity contribution in [2.24, 2.45) is 21.7 Å². The van der Waals surface area contributed by atoms with Crippen LogP contribution in [0.25, 0.3) is 0 Å². The number of rotatable bonds is 1. The van der Waals surface area contributed by atoms with Gasteiger partial charge in [0, 0.05) is 0 Å². The Morgan fingerprint density at radius 2 is 0.633 bits per heavy atom. The molecule has 2 heterocycles. The molecule has 0 amide bonds. The van der Waals surface area contributed by atoms with Gasteiger partial charge >= 0.3 is 209 Å². The van der Waals surface area contributed by atoms with E-state index >= 15 is 0 Å². The molecule has 0 aliphatic carbocycles. The van der Waals surface area contributed by atoms with Crippen LogP contribution in [0.2, 0.25) is 0 Å². The SMILES string of the molecule is CC(C)(C)C1=CC(=CC=C2C=C(C(C)(C)C)[Te]C(C(C)(C)C)=C2)C=C(C(C)(C)C)[Te]1. The van der Waals surface area contributed by atoms with E-state index in [4.69, 9.17) is 0 Å². The standard InChI is InChI=1S/C28H42Te2/c1-25(2,3)21-15-19(16-22(29-21)26(4,5)6)13-14-20-17-23(27(7,8)9)30-24(18-20)28(10,11)12/h13-18H,1-12H3. The second-order valence-electron chi connectivity index (χ2n) is 12.6. The van der Waals surface area contributed by atoms with Gasteiger partial charge in [-0.2, -0.15) is 0 Å². The van der Waals surface area contributed by atoms with Gasteiger partial charge in [0.1, 0.15) is 0 Å². The summed E-state index contributed by atoms with van der Waals surface area (Å²) in [4.78, 5) is 0. The van der Waals surface area contributed by atoms with Gasteiger partial charge in [0.2, 0.25) is 0 Å². The average Bonchev–Trinajstić information content (AvgIpc) is 2.56. The molecule has 166 valence electrons. The normalized spacial score (nSPS) is 19.1. The van der Waals surface area contributed by atoms with Gasteiger partial charge in [-0.05, 0) is 0 Å². The van der Waals surface area contributed by atoms with E-state index in [-0.39, 0.29) is 63.5 Å². The van der Waals surface area contributed by atoms with E-state index in [0.717, 1.165) is 0 Å². The zero-order valence-corrected chi connectivity index (χ0v) is 25.9. The second kappa shape index (κ2) is 9.11. The Morgan fingerprint density at radius 1 is 0.433 bits per heavy atom. The van der Waals surface area contributed by atoms with Crippen molar-refractivity contribution in [1.29, 1.82) is 0 Å². The quantitative estimate of drug-likeness (QED) is 0.257. The molecule has 0 saturated carbocycles. The molecule has 0 nitrogen and oxygen atoms in total. The molecular weight excluding hydrogens is 592 g/mol. The molecule has 0 fully saturated rings. The van der Waals surface area contributed by atoms with Crippen molar-refractivity contribution in [3.05, 3.63) is 62.1 Å². The molecule has 0 spiro atoms. The fraction of sp³-hybridized carbons (Fsp3) is 0.571. The van der Waals surface area contributed by atoms with Crippen LogP contribution < -0.4 is 0 Å². The van der Waals surface area contributed by atoms with Crippen molar-refractivity contribution in [3.63, 3.8) is 0 Å². The van der Waals surface area contributed by atoms with Gasteiger partial charge in [0.25, 0.3) is 0 Å². The third-order valence-corrected chi connectivity index (χ3v) is 15.9. The summed E-state index contributed by atoms with van der Waals surface area (Å²) in [6.07, 6.45) is 14.6. The molecule has 0 atom stereocenters. The zero-order valence-electron chi connectivity index (χ0n) is 21.3. The first-order valence-electron chi connectivity index (χ1n) is 11.0. The van der Waals surface area contributed by atoms with E-state index in [9.17, 15) is 0 Å². The van der Waals surface area contributed by atoms with Crippen LogP contribution >= 0.6 is 0 Å². The summed E-state index contributed by atoms with van der Waals surface area (Å²) in [5.41, 5.74) is 3.77. The van der Waals surface area contributed by atoms with Crippen LogP contribution in [-0.2, 0) is 0 Å². The Hall–Kier alpha value is 0.0192. The topological polar surface area (TPSA) is 0 Å². The Bertz CT molecular complexity index is 718. The minimum absolute atomic E-state index is 0.258. The van der Waals surface area contributed by atoms with Crippen molar-refractivity contribution in [2.75, 3.05) is 0 Å². The van der Waals surface area contributed by atoms with Gasteiger partial charge in [0.15, 0.2) is 0 Å². The minimum atomic E-state index is -0.263. The first kappa shape index (κ1) is 26.3. The van der Waals surface area contributed by atoms with Gasteiger partial charge in [-0.15, -0.1) is 0 Å². The molecule has 0 aromatic rings. The van der Waals surface area contributed by atoms with Crippen molar-refractivity contribution in [1.82, 2.24) is 0 Å². The Balaban J connectivity index is 2.55. The van der Waals surface area contributed by atoms with E-state index in [1.54, 1.807) is 14.5 Å². The third-order valence-electron chi connectivity index (χ3n) is 5.06. The average molecular weight is 634 g/mol. The molecule has 0 N–H and O–H groups in total. The van der Waals surface area contributed by atoms with Crippen LogP contribution in [0, 0.1) is 21.7 Å². The van der Waals surface area contributed by atoms with E-state index in [1.165, 1.54) is 11.1 Å². The maximum absolute atomic E-state index is 2.48. The number of allylic oxidation sites excluding steroid dienone is 12. The van der Waals surface area contributed by atoms with Crippen LogP contribution in [0.5, 0.6) is 0 Å². The molecular formula is C28H42Te2. The van der Waals surface area contributed by atoms with Crippen LogP contribution in [0.15, 0.2) is 62.1 Å². The van der Waals surface area contributed by atoms with E-state index < -0.39 is 0 Å². The second-order valence-corrected chi connectivity index (χ2v) is 18.8. The summed E-state index contributed by atoms with van der Waals surface area (Å²) >= 11 is -0.527. The van der Waals surface area contributed by atoms with Gasteiger partial charge in [-0.3, -0.25) is 0 Å². The molecule has 0 radical (unpaired) electrons. The van der Waals surface area contributed by atoms with Crippen molar-refractivity contribution < 1.29 is 0 Å². The molecule has 0 unspecified atom stereocenters. The molecule has 2 aliphatic rings. The van der Waals surface area contributed by atoms with E-state index in [2.05, 4.69) is 120 Å². The third kappa shape index (κ3) is 7.28. The summed E-state index contributed by atoms with van der Waals surface area (Å²) in [5.74, 6) is 0. The molecule has 2 heteroatoms. The predicted octanol–water partition coefficient (Wildman–Crippen LogP) is 7.99. The Morgan fingerprint density at radius 3 is 0.800 bits per heavy atom. The predicted molar refractivity (Wildman–Crippen MR) is 138 cm³/mol. The first-order valence-corrected chi connectivity index (χ1v) is 15.7. The Labute approximate surface area is 207 Å². The fourth-order valence-electron chi connectivity index (χ4n) is 2.91. The molecule has 0 aromatic heterocycles. The van der Waals surface area contributed by atoms with Gasteiger partial charge in [-0.25, -0.2) is 0 Å². The fourth-order valence-corrected chi connectivity index (χ4v) is 9.98. The monoisotopic (exact) mass is 638 g/mol. The van der Waals surface area contributed by atoms with Crippen molar-refractivity contribution >= 4 is 41.8 Å². The van der Waals surface area contributed by atoms with Crippen LogP contribution in [0.4, 0.5) is 0 Å². The van der Waals surface area contributed by atoms with Crippen LogP contribution in [-0.4, -0.2) is 41.8 Å². The molecule has 0 aromatic carbocycles. The summed E-state index contributed by atoms with van der Waals surface area (Å²) < 4.78 is 6.66. The van der Waals surface area contributed by atoms with E-state index in [1.807, 2.05) is 0 Å². The summed E-state index contributed by atoms with van der Waals surface area (Å²) in [5, 5.41) is 0. The number of hydrogen-bond acceptors (Lipinski definition) is 0.